The lowest BCUT2D eigenvalue weighted by molar-refractivity contribution is -0.126. The normalized spacial score (nSPS) is 19.0. The van der Waals surface area contributed by atoms with E-state index in [2.05, 4.69) is 45.2 Å². The molecule has 0 radical (unpaired) electrons. The average Bonchev–Trinajstić information content (AvgIpc) is 2.94. The third-order valence-electron chi connectivity index (χ3n) is 4.20. The quantitative estimate of drug-likeness (QED) is 0.495. The van der Waals surface area contributed by atoms with Gasteiger partial charge in [0.2, 0.25) is 5.91 Å². The van der Waals surface area contributed by atoms with Crippen LogP contribution in [0.5, 0.6) is 0 Å². The lowest BCUT2D eigenvalue weighted by Gasteiger charge is -2.17. The van der Waals surface area contributed by atoms with Crippen LogP contribution in [-0.2, 0) is 11.3 Å². The summed E-state index contributed by atoms with van der Waals surface area (Å²) in [5, 5.41) is 9.13. The summed E-state index contributed by atoms with van der Waals surface area (Å²) in [6.07, 6.45) is 2.49. The Balaban J connectivity index is 1.81. The van der Waals surface area contributed by atoms with Crippen molar-refractivity contribution >= 4 is 45.0 Å². The van der Waals surface area contributed by atoms with Crippen molar-refractivity contribution in [2.24, 2.45) is 10.2 Å². The number of benzene rings is 2. The molecule has 0 N–H and O–H groups in total. The molecule has 26 heavy (non-hydrogen) atoms. The number of hydrogen-bond donors (Lipinski definition) is 0. The maximum Gasteiger partial charge on any atom is 0.242 e. The zero-order chi connectivity index (χ0) is 18.5. The van der Waals surface area contributed by atoms with Gasteiger partial charge in [-0.05, 0) is 42.2 Å². The SMILES string of the molecule is CCC1S/C(=N/N=C/c2ccc(Br)cc2)N(Cc2ccccc2C)C1=O. The number of carbonyl (C=O) groups is 1. The highest BCUT2D eigenvalue weighted by Gasteiger charge is 2.37. The van der Waals surface area contributed by atoms with Crippen molar-refractivity contribution in [1.82, 2.24) is 4.90 Å². The van der Waals surface area contributed by atoms with Crippen molar-refractivity contribution in [3.05, 3.63) is 69.7 Å². The van der Waals surface area contributed by atoms with Crippen LogP contribution in [0.4, 0.5) is 0 Å². The van der Waals surface area contributed by atoms with Crippen LogP contribution in [0.1, 0.15) is 30.0 Å². The molecular formula is C20H20BrN3OS. The van der Waals surface area contributed by atoms with Gasteiger partial charge in [-0.15, -0.1) is 5.10 Å². The number of hydrogen-bond acceptors (Lipinski definition) is 4. The fourth-order valence-electron chi connectivity index (χ4n) is 2.64. The van der Waals surface area contributed by atoms with E-state index in [4.69, 9.17) is 0 Å². The van der Waals surface area contributed by atoms with Crippen LogP contribution in [0.2, 0.25) is 0 Å². The van der Waals surface area contributed by atoms with E-state index in [0.717, 1.165) is 22.0 Å². The third kappa shape index (κ3) is 4.43. The van der Waals surface area contributed by atoms with Crippen molar-refractivity contribution < 1.29 is 4.79 Å². The molecule has 1 saturated heterocycles. The summed E-state index contributed by atoms with van der Waals surface area (Å²) in [7, 11) is 0. The highest BCUT2D eigenvalue weighted by atomic mass is 79.9. The number of carbonyl (C=O) groups excluding carboxylic acids is 1. The number of aryl methyl sites for hydroxylation is 1. The van der Waals surface area contributed by atoms with Gasteiger partial charge in [0.25, 0.3) is 0 Å². The van der Waals surface area contributed by atoms with Crippen molar-refractivity contribution in [2.75, 3.05) is 0 Å². The molecule has 3 rings (SSSR count). The van der Waals surface area contributed by atoms with E-state index in [1.807, 2.05) is 43.3 Å². The van der Waals surface area contributed by atoms with Gasteiger partial charge >= 0.3 is 0 Å². The Morgan fingerprint density at radius 1 is 1.19 bits per heavy atom. The summed E-state index contributed by atoms with van der Waals surface area (Å²) in [6, 6.07) is 15.9. The minimum atomic E-state index is -0.0827. The number of halogens is 1. The Morgan fingerprint density at radius 2 is 1.92 bits per heavy atom. The molecule has 1 fully saturated rings. The smallest absolute Gasteiger partial charge is 0.242 e. The molecule has 1 heterocycles. The molecule has 1 atom stereocenters. The standard InChI is InChI=1S/C20H20BrN3OS/c1-3-18-19(25)24(13-16-7-5-4-6-14(16)2)20(26-18)23-22-12-15-8-10-17(21)11-9-15/h4-12,18H,3,13H2,1-2H3/b22-12+,23-20+. The highest BCUT2D eigenvalue weighted by molar-refractivity contribution is 9.10. The first-order valence-electron chi connectivity index (χ1n) is 8.47. The first-order chi connectivity index (χ1) is 12.6. The first-order valence-corrected chi connectivity index (χ1v) is 10.1. The predicted molar refractivity (Wildman–Crippen MR) is 113 cm³/mol. The molecule has 0 aliphatic carbocycles. The molecule has 6 heteroatoms. The molecule has 4 nitrogen and oxygen atoms in total. The van der Waals surface area contributed by atoms with E-state index in [0.29, 0.717) is 11.7 Å². The second-order valence-corrected chi connectivity index (χ2v) is 8.13. The summed E-state index contributed by atoms with van der Waals surface area (Å²) in [5.74, 6) is 0.110. The zero-order valence-electron chi connectivity index (χ0n) is 14.7. The second kappa shape index (κ2) is 8.64. The number of thioether (sulfide) groups is 1. The van der Waals surface area contributed by atoms with Gasteiger partial charge in [0.05, 0.1) is 18.0 Å². The first kappa shape index (κ1) is 18.9. The Hall–Kier alpha value is -1.92. The van der Waals surface area contributed by atoms with Gasteiger partial charge < -0.3 is 0 Å². The average molecular weight is 430 g/mol. The van der Waals surface area contributed by atoms with Crippen LogP contribution in [0.3, 0.4) is 0 Å². The van der Waals surface area contributed by atoms with Gasteiger partial charge in [-0.1, -0.05) is 71.0 Å². The highest BCUT2D eigenvalue weighted by Crippen LogP contribution is 2.31. The molecule has 1 amide bonds. The van der Waals surface area contributed by atoms with Crippen LogP contribution in [0.15, 0.2) is 63.2 Å². The van der Waals surface area contributed by atoms with Crippen molar-refractivity contribution in [2.45, 2.75) is 32.1 Å². The molecule has 1 aliphatic heterocycles. The molecule has 0 aromatic heterocycles. The lowest BCUT2D eigenvalue weighted by atomic mass is 10.1. The number of nitrogens with zero attached hydrogens (tertiary/aromatic N) is 3. The Labute approximate surface area is 166 Å². The molecular weight excluding hydrogens is 410 g/mol. The molecule has 2 aromatic carbocycles. The molecule has 0 bridgehead atoms. The topological polar surface area (TPSA) is 45.0 Å². The lowest BCUT2D eigenvalue weighted by Crippen LogP contribution is -2.31. The van der Waals surface area contributed by atoms with Crippen LogP contribution >= 0.6 is 27.7 Å². The van der Waals surface area contributed by atoms with Gasteiger partial charge in [0.1, 0.15) is 0 Å². The maximum atomic E-state index is 12.7. The summed E-state index contributed by atoms with van der Waals surface area (Å²) in [4.78, 5) is 14.5. The summed E-state index contributed by atoms with van der Waals surface area (Å²) in [6.45, 7) is 4.61. The van der Waals surface area contributed by atoms with Gasteiger partial charge in [-0.25, -0.2) is 0 Å². The van der Waals surface area contributed by atoms with Gasteiger partial charge in [-0.3, -0.25) is 9.69 Å². The van der Waals surface area contributed by atoms with Gasteiger partial charge in [-0.2, -0.15) is 5.10 Å². The molecule has 1 aliphatic rings. The Bertz CT molecular complexity index is 848. The monoisotopic (exact) mass is 429 g/mol. The third-order valence-corrected chi connectivity index (χ3v) is 6.06. The second-order valence-electron chi connectivity index (χ2n) is 6.04. The summed E-state index contributed by atoms with van der Waals surface area (Å²) in [5.41, 5.74) is 3.26. The van der Waals surface area contributed by atoms with Gasteiger partial charge in [0.15, 0.2) is 5.17 Å². The molecule has 1 unspecified atom stereocenters. The molecule has 0 saturated carbocycles. The number of amidine groups is 1. The minimum absolute atomic E-state index is 0.0827. The van der Waals surface area contributed by atoms with Crippen molar-refractivity contribution in [3.8, 4) is 0 Å². The molecule has 134 valence electrons. The Kier molecular flexibility index (Phi) is 6.27. The number of amides is 1. The summed E-state index contributed by atoms with van der Waals surface area (Å²) >= 11 is 4.91. The molecule has 0 spiro atoms. The fraction of sp³-hybridized carbons (Fsp3) is 0.250. The zero-order valence-corrected chi connectivity index (χ0v) is 17.1. The van der Waals surface area contributed by atoms with E-state index in [1.54, 1.807) is 11.1 Å². The van der Waals surface area contributed by atoms with E-state index in [9.17, 15) is 4.79 Å². The van der Waals surface area contributed by atoms with E-state index in [1.165, 1.54) is 17.3 Å². The van der Waals surface area contributed by atoms with Crippen LogP contribution in [0, 0.1) is 6.92 Å². The van der Waals surface area contributed by atoms with Crippen LogP contribution in [0.25, 0.3) is 0 Å². The van der Waals surface area contributed by atoms with E-state index < -0.39 is 0 Å². The van der Waals surface area contributed by atoms with E-state index >= 15 is 0 Å². The van der Waals surface area contributed by atoms with Gasteiger partial charge in [0, 0.05) is 4.47 Å². The van der Waals surface area contributed by atoms with Crippen LogP contribution in [-0.4, -0.2) is 27.4 Å². The number of rotatable bonds is 5. The fourth-order valence-corrected chi connectivity index (χ4v) is 3.93. The van der Waals surface area contributed by atoms with E-state index in [-0.39, 0.29) is 11.2 Å². The van der Waals surface area contributed by atoms with Crippen molar-refractivity contribution in [1.29, 1.82) is 0 Å². The van der Waals surface area contributed by atoms with Crippen molar-refractivity contribution in [3.63, 3.8) is 0 Å². The predicted octanol–water partition coefficient (Wildman–Crippen LogP) is 5.00. The minimum Gasteiger partial charge on any atom is -0.284 e. The van der Waals surface area contributed by atoms with Crippen LogP contribution < -0.4 is 0 Å². The maximum absolute atomic E-state index is 12.7. The summed E-state index contributed by atoms with van der Waals surface area (Å²) < 4.78 is 1.02. The Morgan fingerprint density at radius 3 is 2.62 bits per heavy atom. The largest absolute Gasteiger partial charge is 0.284 e. The molecule has 2 aromatic rings.